The van der Waals surface area contributed by atoms with Gasteiger partial charge in [-0.15, -0.1) is 5.10 Å². The van der Waals surface area contributed by atoms with Gasteiger partial charge < -0.3 is 9.47 Å². The molecule has 4 rings (SSSR count). The minimum Gasteiger partial charge on any atom is -0.490 e. The number of ether oxygens (including phenoxy) is 2. The van der Waals surface area contributed by atoms with E-state index in [0.29, 0.717) is 35.6 Å². The number of carbonyl (C=O) groups excluding carboxylic acids is 1. The van der Waals surface area contributed by atoms with E-state index in [0.717, 1.165) is 32.8 Å². The highest BCUT2D eigenvalue weighted by molar-refractivity contribution is 9.10. The molecule has 0 unspecified atom stereocenters. The Bertz CT molecular complexity index is 1280. The maximum atomic E-state index is 13.3. The molecule has 190 valence electrons. The van der Waals surface area contributed by atoms with E-state index < -0.39 is 6.17 Å². The highest BCUT2D eigenvalue weighted by Gasteiger charge is 2.35. The Morgan fingerprint density at radius 1 is 1.19 bits per heavy atom. The standard InChI is InChI=1S/C27H31BrN4O3S/c1-4-7-8-11-15-36-27-30-26(33)23-19-12-9-10-13-21(19)29-25(32(23)31-27)18-16-20(28)24(35-14-5-2)22(17-18)34-6-3/h5,9-10,12-13,16-17,25H,2,4,6-8,11,14-15H2,1,3H3,(H,30,31,33)/t25-/m0/s1. The lowest BCUT2D eigenvalue weighted by atomic mass is 10.1. The predicted octanol–water partition coefficient (Wildman–Crippen LogP) is 4.87. The van der Waals surface area contributed by atoms with Crippen LogP contribution in [0, 0.1) is 0 Å². The second-order valence-corrected chi connectivity index (χ2v) is 10.3. The summed E-state index contributed by atoms with van der Waals surface area (Å²) in [4.78, 5) is 18.3. The number of hydrazone groups is 1. The summed E-state index contributed by atoms with van der Waals surface area (Å²) in [7, 11) is 0. The Labute approximate surface area is 224 Å². The van der Waals surface area contributed by atoms with Crippen LogP contribution < -0.4 is 25.4 Å². The molecule has 36 heavy (non-hydrogen) atoms. The fraction of sp³-hybridized carbons (Fsp3) is 0.370. The van der Waals surface area contributed by atoms with Gasteiger partial charge in [0.2, 0.25) is 0 Å². The second-order valence-electron chi connectivity index (χ2n) is 8.34. The van der Waals surface area contributed by atoms with Crippen molar-refractivity contribution in [1.82, 2.24) is 10.3 Å². The van der Waals surface area contributed by atoms with E-state index in [1.54, 1.807) is 22.8 Å². The van der Waals surface area contributed by atoms with Crippen LogP contribution in [-0.4, -0.2) is 35.1 Å². The van der Waals surface area contributed by atoms with E-state index in [-0.39, 0.29) is 5.91 Å². The van der Waals surface area contributed by atoms with Crippen molar-refractivity contribution in [2.75, 3.05) is 19.0 Å². The molecule has 0 fully saturated rings. The summed E-state index contributed by atoms with van der Waals surface area (Å²) in [5, 5.41) is 11.7. The fourth-order valence-electron chi connectivity index (χ4n) is 4.09. The van der Waals surface area contributed by atoms with E-state index >= 15 is 0 Å². The number of rotatable bonds is 11. The minimum absolute atomic E-state index is 0.177. The molecule has 1 N–H and O–H groups in total. The number of hydrogen-bond acceptors (Lipinski definition) is 7. The summed E-state index contributed by atoms with van der Waals surface area (Å²) in [5.74, 6) is 1.92. The number of unbranched alkanes of at least 4 members (excludes halogenated alkanes) is 3. The summed E-state index contributed by atoms with van der Waals surface area (Å²) < 4.78 is 12.5. The number of para-hydroxylation sites is 1. The van der Waals surface area contributed by atoms with Gasteiger partial charge in [-0.25, -0.2) is 5.01 Å². The molecule has 2 aromatic rings. The van der Waals surface area contributed by atoms with Crippen LogP contribution in [0.4, 0.5) is 0 Å². The number of carbonyl (C=O) groups is 1. The van der Waals surface area contributed by atoms with Gasteiger partial charge in [-0.2, -0.15) is 0 Å². The zero-order valence-corrected chi connectivity index (χ0v) is 23.0. The van der Waals surface area contributed by atoms with E-state index in [9.17, 15) is 4.79 Å². The number of benzene rings is 2. The molecule has 1 amide bonds. The Morgan fingerprint density at radius 2 is 2.03 bits per heavy atom. The van der Waals surface area contributed by atoms with Gasteiger partial charge in [-0.05, 0) is 47.5 Å². The summed E-state index contributed by atoms with van der Waals surface area (Å²) in [6.45, 7) is 8.68. The van der Waals surface area contributed by atoms with Gasteiger partial charge in [-0.1, -0.05) is 68.8 Å². The van der Waals surface area contributed by atoms with Crippen molar-refractivity contribution in [2.45, 2.75) is 45.7 Å². The van der Waals surface area contributed by atoms with E-state index in [1.807, 2.05) is 43.3 Å². The monoisotopic (exact) mass is 570 g/mol. The molecule has 0 aliphatic carbocycles. The summed E-state index contributed by atoms with van der Waals surface area (Å²) in [6.07, 6.45) is 5.80. The Balaban J connectivity index is 1.76. The van der Waals surface area contributed by atoms with Crippen LogP contribution in [0.1, 0.15) is 51.3 Å². The molecule has 9 heteroatoms. The Kier molecular flexibility index (Phi) is 9.09. The molecule has 0 spiro atoms. The maximum absolute atomic E-state index is 13.3. The molecule has 0 saturated carbocycles. The molecule has 0 saturated heterocycles. The quantitative estimate of drug-likeness (QED) is 0.308. The molecule has 0 bridgehead atoms. The largest absolute Gasteiger partial charge is 0.490 e. The Morgan fingerprint density at radius 3 is 2.81 bits per heavy atom. The van der Waals surface area contributed by atoms with Crippen molar-refractivity contribution in [3.8, 4) is 11.5 Å². The lowest BCUT2D eigenvalue weighted by molar-refractivity contribution is -0.116. The van der Waals surface area contributed by atoms with Crippen molar-refractivity contribution < 1.29 is 14.3 Å². The van der Waals surface area contributed by atoms with Gasteiger partial charge in [0.1, 0.15) is 12.3 Å². The van der Waals surface area contributed by atoms with E-state index in [2.05, 4.69) is 34.7 Å². The molecule has 2 heterocycles. The van der Waals surface area contributed by atoms with Crippen LogP contribution >= 0.6 is 27.7 Å². The van der Waals surface area contributed by atoms with Crippen LogP contribution in [0.3, 0.4) is 0 Å². The topological polar surface area (TPSA) is 75.5 Å². The van der Waals surface area contributed by atoms with E-state index in [4.69, 9.17) is 19.6 Å². The highest BCUT2D eigenvalue weighted by atomic mass is 79.9. The highest BCUT2D eigenvalue weighted by Crippen LogP contribution is 2.41. The van der Waals surface area contributed by atoms with Crippen molar-refractivity contribution in [3.63, 3.8) is 0 Å². The molecular formula is C27H31BrN4O3S. The number of fused-ring (bicyclic) bond motifs is 2. The van der Waals surface area contributed by atoms with Crippen LogP contribution in [0.15, 0.2) is 63.6 Å². The van der Waals surface area contributed by atoms with Crippen molar-refractivity contribution in [2.24, 2.45) is 10.1 Å². The maximum Gasteiger partial charge on any atom is 0.276 e. The molecule has 0 aromatic heterocycles. The SMILES string of the molecule is C=CCOc1c(Br)cc([C@H]2N=c3ccccc3=C3C(=O)NC(SCCCCCC)=NN32)cc1OCC. The Hall–Kier alpha value is -2.78. The normalized spacial score (nSPS) is 16.4. The third-order valence-corrected chi connectivity index (χ3v) is 7.27. The fourth-order valence-corrected chi connectivity index (χ4v) is 5.52. The molecular weight excluding hydrogens is 540 g/mol. The first-order chi connectivity index (χ1) is 17.6. The van der Waals surface area contributed by atoms with E-state index in [1.165, 1.54) is 19.3 Å². The summed E-state index contributed by atoms with van der Waals surface area (Å²) >= 11 is 5.21. The number of nitrogens with one attached hydrogen (secondary N) is 1. The number of halogens is 1. The lowest BCUT2D eigenvalue weighted by Crippen LogP contribution is -2.50. The van der Waals surface area contributed by atoms with Crippen LogP contribution in [0.2, 0.25) is 0 Å². The zero-order chi connectivity index (χ0) is 25.5. The average molecular weight is 572 g/mol. The first-order valence-corrected chi connectivity index (χ1v) is 14.0. The smallest absolute Gasteiger partial charge is 0.276 e. The van der Waals surface area contributed by atoms with Gasteiger partial charge in [0, 0.05) is 16.5 Å². The molecule has 2 aliphatic rings. The first-order valence-electron chi connectivity index (χ1n) is 12.3. The first kappa shape index (κ1) is 26.3. The average Bonchev–Trinajstić information content (AvgIpc) is 2.87. The molecule has 7 nitrogen and oxygen atoms in total. The van der Waals surface area contributed by atoms with Crippen molar-refractivity contribution >= 4 is 44.5 Å². The number of amidine groups is 1. The van der Waals surface area contributed by atoms with Gasteiger partial charge in [-0.3, -0.25) is 15.1 Å². The van der Waals surface area contributed by atoms with Crippen molar-refractivity contribution in [3.05, 3.63) is 69.7 Å². The van der Waals surface area contributed by atoms with Gasteiger partial charge in [0.15, 0.2) is 22.8 Å². The summed E-state index contributed by atoms with van der Waals surface area (Å²) in [5.41, 5.74) is 1.32. The number of nitrogens with zero attached hydrogens (tertiary/aromatic N) is 3. The second kappa shape index (κ2) is 12.5. The predicted molar refractivity (Wildman–Crippen MR) is 148 cm³/mol. The summed E-state index contributed by atoms with van der Waals surface area (Å²) in [6, 6.07) is 11.5. The minimum atomic E-state index is -0.541. The molecule has 2 aliphatic heterocycles. The van der Waals surface area contributed by atoms with Crippen LogP contribution in [0.5, 0.6) is 11.5 Å². The van der Waals surface area contributed by atoms with Crippen LogP contribution in [0.25, 0.3) is 5.70 Å². The van der Waals surface area contributed by atoms with Crippen LogP contribution in [-0.2, 0) is 4.79 Å². The van der Waals surface area contributed by atoms with Gasteiger partial charge >= 0.3 is 0 Å². The number of hydrogen-bond donors (Lipinski definition) is 1. The zero-order valence-electron chi connectivity index (χ0n) is 20.6. The third-order valence-electron chi connectivity index (χ3n) is 5.73. The van der Waals surface area contributed by atoms with Gasteiger partial charge in [0.25, 0.3) is 5.91 Å². The lowest BCUT2D eigenvalue weighted by Gasteiger charge is -2.34. The third kappa shape index (κ3) is 5.78. The molecule has 2 aromatic carbocycles. The molecule has 0 radical (unpaired) electrons. The van der Waals surface area contributed by atoms with Gasteiger partial charge in [0.05, 0.1) is 16.4 Å². The number of thioether (sulfide) groups is 1. The number of amides is 1. The molecule has 1 atom stereocenters. The van der Waals surface area contributed by atoms with Crippen molar-refractivity contribution in [1.29, 1.82) is 0 Å².